The highest BCUT2D eigenvalue weighted by atomic mass is 15.0. The number of fused-ring (bicyclic) bond motifs is 4. The molecule has 0 aromatic heterocycles. The van der Waals surface area contributed by atoms with Gasteiger partial charge in [-0.25, -0.2) is 0 Å². The van der Waals surface area contributed by atoms with E-state index in [9.17, 15) is 0 Å². The molecule has 4 N–H and O–H groups in total. The summed E-state index contributed by atoms with van der Waals surface area (Å²) in [5.41, 5.74) is 16.1. The van der Waals surface area contributed by atoms with Crippen LogP contribution in [-0.2, 0) is 5.41 Å². The summed E-state index contributed by atoms with van der Waals surface area (Å²) in [5, 5.41) is 13.6. The molecule has 180 valence electrons. The maximum atomic E-state index is 7.44. The van der Waals surface area contributed by atoms with Crippen molar-refractivity contribution in [3.8, 4) is 11.1 Å². The van der Waals surface area contributed by atoms with Gasteiger partial charge >= 0.3 is 0 Å². The molecule has 0 saturated carbocycles. The molecule has 4 aromatic rings. The quantitative estimate of drug-likeness (QED) is 0.191. The molecule has 3 heteroatoms. The first kappa shape index (κ1) is 23.8. The van der Waals surface area contributed by atoms with Crippen molar-refractivity contribution in [2.24, 2.45) is 5.73 Å². The Morgan fingerprint density at radius 2 is 1.61 bits per heavy atom. The van der Waals surface area contributed by atoms with Gasteiger partial charge in [-0.15, -0.1) is 0 Å². The Kier molecular flexibility index (Phi) is 6.34. The van der Waals surface area contributed by atoms with Crippen LogP contribution < -0.4 is 11.1 Å². The molecule has 0 fully saturated rings. The minimum atomic E-state index is -0.342. The molecule has 1 aliphatic carbocycles. The highest BCUT2D eigenvalue weighted by Gasteiger charge is 2.37. The largest absolute Gasteiger partial charge is 0.366 e. The summed E-state index contributed by atoms with van der Waals surface area (Å²) in [7, 11) is 0. The van der Waals surface area contributed by atoms with Crippen molar-refractivity contribution in [3.05, 3.63) is 125 Å². The fourth-order valence-corrected chi connectivity index (χ4v) is 5.33. The van der Waals surface area contributed by atoms with Gasteiger partial charge in [0.25, 0.3) is 0 Å². The standard InChI is InChI=1S/C33H33N3/c1-22(18-19-34)16-17-30(36-32(35)23-10-5-4-6-11-23)26-14-9-15-28-31(26)27-20-24-12-7-8-13-25(24)21-29(27)33(28,2)3/h4-15,17-21,32,34,36H,16,35H2,1-3H3/b22-18+,30-17-,34-19?. The molecule has 0 aliphatic heterocycles. The molecule has 0 radical (unpaired) electrons. The Balaban J connectivity index is 1.68. The third kappa shape index (κ3) is 4.27. The molecule has 0 bridgehead atoms. The van der Waals surface area contributed by atoms with E-state index in [4.69, 9.17) is 11.1 Å². The number of hydrogen-bond donors (Lipinski definition) is 3. The van der Waals surface area contributed by atoms with Crippen LogP contribution in [0.2, 0.25) is 0 Å². The number of benzene rings is 4. The highest BCUT2D eigenvalue weighted by molar-refractivity contribution is 5.97. The summed E-state index contributed by atoms with van der Waals surface area (Å²) in [6.07, 6.45) is 5.78. The third-order valence-electron chi connectivity index (χ3n) is 7.32. The van der Waals surface area contributed by atoms with Crippen molar-refractivity contribution < 1.29 is 0 Å². The van der Waals surface area contributed by atoms with E-state index in [0.717, 1.165) is 28.8 Å². The molecule has 1 aliphatic rings. The van der Waals surface area contributed by atoms with E-state index >= 15 is 0 Å². The van der Waals surface area contributed by atoms with E-state index < -0.39 is 0 Å². The normalized spacial score (nSPS) is 15.3. The van der Waals surface area contributed by atoms with Gasteiger partial charge in [0.1, 0.15) is 6.17 Å². The summed E-state index contributed by atoms with van der Waals surface area (Å²) in [5.74, 6) is 0. The minimum absolute atomic E-state index is 0.104. The Labute approximate surface area is 213 Å². The monoisotopic (exact) mass is 471 g/mol. The summed E-state index contributed by atoms with van der Waals surface area (Å²) >= 11 is 0. The molecule has 0 heterocycles. The maximum absolute atomic E-state index is 7.44. The Hall–Kier alpha value is -3.95. The zero-order valence-corrected chi connectivity index (χ0v) is 21.2. The van der Waals surface area contributed by atoms with Crippen LogP contribution in [0.15, 0.2) is 103 Å². The Morgan fingerprint density at radius 1 is 0.917 bits per heavy atom. The van der Waals surface area contributed by atoms with E-state index in [0.29, 0.717) is 0 Å². The van der Waals surface area contributed by atoms with E-state index in [2.05, 4.69) is 98.9 Å². The van der Waals surface area contributed by atoms with Crippen LogP contribution in [-0.4, -0.2) is 6.21 Å². The van der Waals surface area contributed by atoms with Crippen LogP contribution in [0.3, 0.4) is 0 Å². The average Bonchev–Trinajstić information content (AvgIpc) is 3.12. The summed E-state index contributed by atoms with van der Waals surface area (Å²) < 4.78 is 0. The highest BCUT2D eigenvalue weighted by Crippen LogP contribution is 2.52. The van der Waals surface area contributed by atoms with Crippen LogP contribution in [0.4, 0.5) is 0 Å². The predicted octanol–water partition coefficient (Wildman–Crippen LogP) is 7.72. The second-order valence-corrected chi connectivity index (χ2v) is 10.1. The van der Waals surface area contributed by atoms with Gasteiger partial charge in [0.15, 0.2) is 0 Å². The Bertz CT molecular complexity index is 1490. The van der Waals surface area contributed by atoms with Crippen molar-refractivity contribution in [1.82, 2.24) is 5.32 Å². The zero-order valence-electron chi connectivity index (χ0n) is 21.2. The van der Waals surface area contributed by atoms with E-state index in [1.54, 1.807) is 0 Å². The lowest BCUT2D eigenvalue weighted by atomic mass is 9.81. The maximum Gasteiger partial charge on any atom is 0.101 e. The van der Waals surface area contributed by atoms with Gasteiger partial charge in [0, 0.05) is 22.9 Å². The van der Waals surface area contributed by atoms with Crippen molar-refractivity contribution in [2.75, 3.05) is 0 Å². The number of rotatable bonds is 7. The van der Waals surface area contributed by atoms with Gasteiger partial charge in [-0.05, 0) is 70.1 Å². The smallest absolute Gasteiger partial charge is 0.101 e. The third-order valence-corrected chi connectivity index (χ3v) is 7.32. The first-order chi connectivity index (χ1) is 17.4. The first-order valence-corrected chi connectivity index (χ1v) is 12.5. The topological polar surface area (TPSA) is 61.9 Å². The lowest BCUT2D eigenvalue weighted by molar-refractivity contribution is 0.659. The zero-order chi connectivity index (χ0) is 25.3. The van der Waals surface area contributed by atoms with Crippen LogP contribution >= 0.6 is 0 Å². The van der Waals surface area contributed by atoms with Gasteiger partial charge < -0.3 is 16.5 Å². The molecule has 0 spiro atoms. The lowest BCUT2D eigenvalue weighted by Crippen LogP contribution is -2.27. The Morgan fingerprint density at radius 3 is 2.33 bits per heavy atom. The fraction of sp³-hybridized carbons (Fsp3) is 0.182. The first-order valence-electron chi connectivity index (χ1n) is 12.5. The van der Waals surface area contributed by atoms with Crippen LogP contribution in [0.1, 0.15) is 55.6 Å². The van der Waals surface area contributed by atoms with Crippen molar-refractivity contribution in [2.45, 2.75) is 38.8 Å². The number of nitrogens with one attached hydrogen (secondary N) is 2. The van der Waals surface area contributed by atoms with Crippen molar-refractivity contribution in [1.29, 1.82) is 5.41 Å². The van der Waals surface area contributed by atoms with Crippen LogP contribution in [0, 0.1) is 5.41 Å². The van der Waals surface area contributed by atoms with E-state index in [-0.39, 0.29) is 11.6 Å². The molecule has 0 saturated heterocycles. The molecule has 4 aromatic carbocycles. The fourth-order valence-electron chi connectivity index (χ4n) is 5.33. The molecular formula is C33H33N3. The predicted molar refractivity (Wildman–Crippen MR) is 153 cm³/mol. The van der Waals surface area contributed by atoms with Gasteiger partial charge in [-0.1, -0.05) is 98.3 Å². The summed E-state index contributed by atoms with van der Waals surface area (Å²) in [6, 6.07) is 30.1. The minimum Gasteiger partial charge on any atom is -0.366 e. The molecule has 5 rings (SSSR count). The second-order valence-electron chi connectivity index (χ2n) is 10.1. The van der Waals surface area contributed by atoms with Gasteiger partial charge in [0.2, 0.25) is 0 Å². The molecule has 36 heavy (non-hydrogen) atoms. The van der Waals surface area contributed by atoms with Gasteiger partial charge in [0.05, 0.1) is 0 Å². The average molecular weight is 472 g/mol. The number of hydrogen-bond acceptors (Lipinski definition) is 3. The van der Waals surface area contributed by atoms with Gasteiger partial charge in [-0.2, -0.15) is 0 Å². The summed E-state index contributed by atoms with van der Waals surface area (Å²) in [4.78, 5) is 0. The lowest BCUT2D eigenvalue weighted by Gasteiger charge is -2.23. The van der Waals surface area contributed by atoms with Crippen LogP contribution in [0.5, 0.6) is 0 Å². The van der Waals surface area contributed by atoms with Crippen LogP contribution in [0.25, 0.3) is 27.6 Å². The van der Waals surface area contributed by atoms with Gasteiger partial charge in [-0.3, -0.25) is 0 Å². The molecule has 1 unspecified atom stereocenters. The van der Waals surface area contributed by atoms with Crippen molar-refractivity contribution >= 4 is 22.7 Å². The number of nitrogens with two attached hydrogens (primary N) is 1. The second kappa shape index (κ2) is 9.60. The van der Waals surface area contributed by atoms with E-state index in [1.165, 1.54) is 39.2 Å². The molecule has 1 atom stereocenters. The molecular weight excluding hydrogens is 438 g/mol. The molecule has 3 nitrogen and oxygen atoms in total. The SMILES string of the molecule is C/C(=C\C=N)C/C=C(\NC(N)c1ccccc1)c1cccc2c1-c1cc3ccccc3cc1C2(C)C. The van der Waals surface area contributed by atoms with E-state index in [1.807, 2.05) is 24.3 Å². The molecule has 0 amide bonds. The summed E-state index contributed by atoms with van der Waals surface area (Å²) in [6.45, 7) is 6.69. The number of allylic oxidation sites excluding steroid dienone is 3. The van der Waals surface area contributed by atoms with Crippen molar-refractivity contribution in [3.63, 3.8) is 0 Å².